The number of halogens is 2. The molecule has 0 aromatic carbocycles. The van der Waals surface area contributed by atoms with E-state index in [9.17, 15) is 4.79 Å². The third-order valence-electron chi connectivity index (χ3n) is 2.93. The van der Waals surface area contributed by atoms with Gasteiger partial charge in [0.05, 0.1) is 7.11 Å². The van der Waals surface area contributed by atoms with Crippen molar-refractivity contribution >= 4 is 46.2 Å². The van der Waals surface area contributed by atoms with Gasteiger partial charge in [0.25, 0.3) is 0 Å². The Hall–Kier alpha value is -2.24. The van der Waals surface area contributed by atoms with Crippen LogP contribution in [0.1, 0.15) is 32.8 Å². The molecule has 0 saturated carbocycles. The summed E-state index contributed by atoms with van der Waals surface area (Å²) in [6.45, 7) is 5.45. The van der Waals surface area contributed by atoms with E-state index in [1.54, 1.807) is 20.8 Å². The zero-order valence-corrected chi connectivity index (χ0v) is 15.8. The molecule has 1 aromatic rings. The van der Waals surface area contributed by atoms with E-state index in [1.165, 1.54) is 11.5 Å². The Morgan fingerprint density at radius 3 is 2.60 bits per heavy atom. The number of aromatic nitrogens is 2. The van der Waals surface area contributed by atoms with Crippen molar-refractivity contribution in [2.45, 2.75) is 27.2 Å². The van der Waals surface area contributed by atoms with E-state index in [2.05, 4.69) is 26.4 Å². The van der Waals surface area contributed by atoms with Crippen molar-refractivity contribution in [1.82, 2.24) is 9.97 Å². The highest BCUT2D eigenvalue weighted by molar-refractivity contribution is 6.70. The first-order valence-corrected chi connectivity index (χ1v) is 7.89. The molecule has 0 fully saturated rings. The average molecular weight is 388 g/mol. The van der Waals surface area contributed by atoms with Crippen molar-refractivity contribution in [2.24, 2.45) is 10.6 Å². The van der Waals surface area contributed by atoms with Gasteiger partial charge < -0.3 is 9.94 Å². The molecule has 0 atom stereocenters. The third kappa shape index (κ3) is 5.37. The number of oxime groups is 1. The summed E-state index contributed by atoms with van der Waals surface area (Å²) in [5.41, 5.74) is -0.600. The first kappa shape index (κ1) is 20.8. The number of anilines is 2. The maximum Gasteiger partial charge on any atom is 0.234 e. The number of hydrogen-bond donors (Lipinski definition) is 2. The van der Waals surface area contributed by atoms with Crippen LogP contribution in [-0.2, 0) is 4.79 Å². The van der Waals surface area contributed by atoms with Gasteiger partial charge in [-0.15, -0.1) is 12.3 Å². The molecule has 0 aliphatic rings. The molecule has 10 heteroatoms. The van der Waals surface area contributed by atoms with Crippen LogP contribution in [0.25, 0.3) is 0 Å². The first-order chi connectivity index (χ1) is 11.6. The number of methoxy groups -OCH3 is 1. The molecule has 0 unspecified atom stereocenters. The van der Waals surface area contributed by atoms with Crippen LogP contribution in [0, 0.1) is 17.8 Å². The standard InChI is InChI=1S/C15H19Cl2N5O3/c1-6-7-8-22(17)11-9(10(16)21-24)12(25-5)19-14(18-11)20-13(23)15(2,3)4/h1,24H,7-8H2,2-5H3,(H,18,19,20,23)/b21-10-. The Bertz CT molecular complexity index is 710. The summed E-state index contributed by atoms with van der Waals surface area (Å²) in [5.74, 6) is 2.15. The lowest BCUT2D eigenvalue weighted by atomic mass is 9.96. The van der Waals surface area contributed by atoms with Crippen LogP contribution in [0.3, 0.4) is 0 Å². The van der Waals surface area contributed by atoms with Crippen molar-refractivity contribution in [3.05, 3.63) is 5.56 Å². The van der Waals surface area contributed by atoms with Crippen molar-refractivity contribution < 1.29 is 14.7 Å². The van der Waals surface area contributed by atoms with Crippen LogP contribution in [-0.4, -0.2) is 39.9 Å². The molecule has 1 rings (SSSR count). The molecule has 0 bridgehead atoms. The van der Waals surface area contributed by atoms with Gasteiger partial charge >= 0.3 is 0 Å². The predicted molar refractivity (Wildman–Crippen MR) is 97.5 cm³/mol. The van der Waals surface area contributed by atoms with Gasteiger partial charge in [-0.05, 0) is 0 Å². The molecule has 0 spiro atoms. The zero-order chi connectivity index (χ0) is 19.2. The molecule has 1 aromatic heterocycles. The van der Waals surface area contributed by atoms with Crippen molar-refractivity contribution in [3.63, 3.8) is 0 Å². The van der Waals surface area contributed by atoms with Crippen LogP contribution >= 0.6 is 23.4 Å². The Morgan fingerprint density at radius 2 is 2.12 bits per heavy atom. The topological polar surface area (TPSA) is 99.9 Å². The lowest BCUT2D eigenvalue weighted by Crippen LogP contribution is -2.29. The van der Waals surface area contributed by atoms with Gasteiger partial charge in [-0.2, -0.15) is 9.97 Å². The molecule has 136 valence electrons. The smallest absolute Gasteiger partial charge is 0.234 e. The second-order valence-corrected chi connectivity index (χ2v) is 6.66. The zero-order valence-electron chi connectivity index (χ0n) is 14.3. The van der Waals surface area contributed by atoms with Gasteiger partial charge in [-0.1, -0.05) is 37.5 Å². The second kappa shape index (κ2) is 8.74. The van der Waals surface area contributed by atoms with Crippen LogP contribution < -0.4 is 14.5 Å². The van der Waals surface area contributed by atoms with E-state index in [4.69, 9.17) is 39.7 Å². The largest absolute Gasteiger partial charge is 0.480 e. The molecule has 0 aliphatic heterocycles. The Labute approximate surface area is 156 Å². The van der Waals surface area contributed by atoms with Gasteiger partial charge in [0.2, 0.25) is 17.7 Å². The van der Waals surface area contributed by atoms with Gasteiger partial charge in [0.1, 0.15) is 5.56 Å². The number of ether oxygens (including phenoxy) is 1. The molecule has 1 heterocycles. The molecule has 1 amide bonds. The summed E-state index contributed by atoms with van der Waals surface area (Å²) in [6, 6.07) is 0. The molecule has 0 aliphatic carbocycles. The molecule has 2 N–H and O–H groups in total. The third-order valence-corrected chi connectivity index (χ3v) is 3.53. The van der Waals surface area contributed by atoms with E-state index in [-0.39, 0.29) is 40.8 Å². The Balaban J connectivity index is 3.45. The maximum atomic E-state index is 12.2. The molecular weight excluding hydrogens is 369 g/mol. The van der Waals surface area contributed by atoms with Crippen molar-refractivity contribution in [1.29, 1.82) is 0 Å². The highest BCUT2D eigenvalue weighted by Gasteiger charge is 2.26. The van der Waals surface area contributed by atoms with Gasteiger partial charge in [0.15, 0.2) is 11.0 Å². The minimum Gasteiger partial charge on any atom is -0.480 e. The summed E-state index contributed by atoms with van der Waals surface area (Å²) < 4.78 is 6.35. The summed E-state index contributed by atoms with van der Waals surface area (Å²) in [6.07, 6.45) is 5.57. The Morgan fingerprint density at radius 1 is 1.48 bits per heavy atom. The normalized spacial score (nSPS) is 11.6. The number of terminal acetylenes is 1. The van der Waals surface area contributed by atoms with Crippen LogP contribution in [0.5, 0.6) is 5.88 Å². The number of rotatable bonds is 6. The lowest BCUT2D eigenvalue weighted by molar-refractivity contribution is -0.123. The quantitative estimate of drug-likeness (QED) is 0.256. The van der Waals surface area contributed by atoms with E-state index in [0.29, 0.717) is 6.42 Å². The SMILES string of the molecule is C#CCCN(Cl)c1nc(NC(=O)C(C)(C)C)nc(OC)c1/C(Cl)=N/O. The number of nitrogens with zero attached hydrogens (tertiary/aromatic N) is 4. The van der Waals surface area contributed by atoms with Gasteiger partial charge in [-0.25, -0.2) is 0 Å². The monoisotopic (exact) mass is 387 g/mol. The van der Waals surface area contributed by atoms with Crippen LogP contribution in [0.2, 0.25) is 0 Å². The number of amides is 1. The van der Waals surface area contributed by atoms with E-state index >= 15 is 0 Å². The van der Waals surface area contributed by atoms with Gasteiger partial charge in [-0.3, -0.25) is 14.5 Å². The summed E-state index contributed by atoms with van der Waals surface area (Å²) in [5, 5.41) is 14.2. The number of nitrogens with one attached hydrogen (secondary N) is 1. The van der Waals surface area contributed by atoms with E-state index in [0.717, 1.165) is 0 Å². The van der Waals surface area contributed by atoms with E-state index < -0.39 is 5.41 Å². The second-order valence-electron chi connectivity index (χ2n) is 5.89. The number of carbonyl (C=O) groups is 1. The fourth-order valence-electron chi connectivity index (χ4n) is 1.60. The summed E-state index contributed by atoms with van der Waals surface area (Å²) in [4.78, 5) is 20.4. The van der Waals surface area contributed by atoms with Crippen molar-refractivity contribution in [2.75, 3.05) is 23.4 Å². The summed E-state index contributed by atoms with van der Waals surface area (Å²) in [7, 11) is 1.34. The molecular formula is C15H19Cl2N5O3. The minimum atomic E-state index is -0.663. The fraction of sp³-hybridized carbons (Fsp3) is 0.467. The molecule has 0 saturated heterocycles. The minimum absolute atomic E-state index is 0.0247. The maximum absolute atomic E-state index is 12.2. The van der Waals surface area contributed by atoms with Crippen LogP contribution in [0.4, 0.5) is 11.8 Å². The predicted octanol–water partition coefficient (Wildman–Crippen LogP) is 2.83. The lowest BCUT2D eigenvalue weighted by Gasteiger charge is -2.21. The number of hydrogen-bond acceptors (Lipinski definition) is 7. The average Bonchev–Trinajstić information content (AvgIpc) is 2.57. The highest BCUT2D eigenvalue weighted by Crippen LogP contribution is 2.31. The molecule has 25 heavy (non-hydrogen) atoms. The number of carbonyl (C=O) groups excluding carboxylic acids is 1. The fourth-order valence-corrected chi connectivity index (χ4v) is 1.97. The summed E-state index contributed by atoms with van der Waals surface area (Å²) >= 11 is 12.1. The van der Waals surface area contributed by atoms with Crippen molar-refractivity contribution in [3.8, 4) is 18.2 Å². The highest BCUT2D eigenvalue weighted by atomic mass is 35.5. The Kier molecular flexibility index (Phi) is 7.27. The van der Waals surface area contributed by atoms with Gasteiger partial charge in [0, 0.05) is 30.2 Å². The molecule has 8 nitrogen and oxygen atoms in total. The van der Waals surface area contributed by atoms with Crippen LogP contribution in [0.15, 0.2) is 5.16 Å². The first-order valence-electron chi connectivity index (χ1n) is 7.17. The van der Waals surface area contributed by atoms with E-state index in [1.807, 2.05) is 0 Å². The molecule has 0 radical (unpaired) electrons.